The van der Waals surface area contributed by atoms with Crippen molar-refractivity contribution in [3.8, 4) is 12.1 Å². The number of hydrogen-bond donors (Lipinski definition) is 1. The minimum Gasteiger partial charge on any atom is -0.368 e. The van der Waals surface area contributed by atoms with Gasteiger partial charge in [-0.05, 0) is 12.5 Å². The fourth-order valence-corrected chi connectivity index (χ4v) is 1.57. The first kappa shape index (κ1) is 11.7. The van der Waals surface area contributed by atoms with Crippen molar-refractivity contribution in [2.45, 2.75) is 13.0 Å². The maximum absolute atomic E-state index is 8.78. The van der Waals surface area contributed by atoms with Crippen LogP contribution in [0, 0.1) is 22.7 Å². The molecular weight excluding hydrogens is 206 g/mol. The first-order chi connectivity index (χ1) is 7.74. The Morgan fingerprint density at radius 2 is 2.38 bits per heavy atom. The van der Waals surface area contributed by atoms with Crippen molar-refractivity contribution in [3.05, 3.63) is 21.8 Å². The van der Waals surface area contributed by atoms with Gasteiger partial charge in [-0.2, -0.15) is 10.5 Å². The molecule has 1 atom stereocenters. The summed E-state index contributed by atoms with van der Waals surface area (Å²) >= 11 is 0. The predicted octanol–water partition coefficient (Wildman–Crippen LogP) is 0.849. The first-order valence-electron chi connectivity index (χ1n) is 4.80. The molecular formula is C9H11N7. The van der Waals surface area contributed by atoms with Crippen molar-refractivity contribution in [2.75, 3.05) is 19.6 Å². The molecule has 1 fully saturated rings. The Morgan fingerprint density at radius 1 is 1.69 bits per heavy atom. The van der Waals surface area contributed by atoms with E-state index in [-0.39, 0.29) is 11.6 Å². The molecule has 0 bridgehead atoms. The number of hydrogen-bond acceptors (Lipinski definition) is 5. The lowest BCUT2D eigenvalue weighted by molar-refractivity contribution is 0.326. The molecule has 0 aromatic rings. The molecule has 1 aliphatic rings. The van der Waals surface area contributed by atoms with E-state index in [1.54, 1.807) is 0 Å². The summed E-state index contributed by atoms with van der Waals surface area (Å²) in [6.07, 6.45) is 0. The summed E-state index contributed by atoms with van der Waals surface area (Å²) in [5.41, 5.74) is 8.24. The van der Waals surface area contributed by atoms with Gasteiger partial charge in [-0.25, -0.2) is 0 Å². The Kier molecular flexibility index (Phi) is 4.02. The van der Waals surface area contributed by atoms with Crippen molar-refractivity contribution >= 4 is 0 Å². The molecule has 0 amide bonds. The number of azide groups is 1. The number of nitrogens with zero attached hydrogens (tertiary/aromatic N) is 6. The van der Waals surface area contributed by atoms with Gasteiger partial charge in [0, 0.05) is 30.6 Å². The number of allylic oxidation sites excluding steroid dienone is 1. The van der Waals surface area contributed by atoms with Crippen molar-refractivity contribution in [1.29, 1.82) is 10.5 Å². The largest absolute Gasteiger partial charge is 0.368 e. The smallest absolute Gasteiger partial charge is 0.169 e. The van der Waals surface area contributed by atoms with Gasteiger partial charge < -0.3 is 10.2 Å². The second-order valence-corrected chi connectivity index (χ2v) is 3.33. The van der Waals surface area contributed by atoms with Gasteiger partial charge in [0.15, 0.2) is 5.57 Å². The monoisotopic (exact) mass is 217 g/mol. The van der Waals surface area contributed by atoms with E-state index >= 15 is 0 Å². The lowest BCUT2D eigenvalue weighted by atomic mass is 10.3. The van der Waals surface area contributed by atoms with E-state index < -0.39 is 0 Å². The van der Waals surface area contributed by atoms with Gasteiger partial charge in [0.2, 0.25) is 0 Å². The predicted molar refractivity (Wildman–Crippen MR) is 56.4 cm³/mol. The van der Waals surface area contributed by atoms with Crippen LogP contribution in [0.3, 0.4) is 0 Å². The molecule has 1 saturated heterocycles. The Labute approximate surface area is 93.2 Å². The van der Waals surface area contributed by atoms with E-state index in [4.69, 9.17) is 16.1 Å². The molecule has 0 aliphatic carbocycles. The summed E-state index contributed by atoms with van der Waals surface area (Å²) in [6.45, 7) is 3.47. The quantitative estimate of drug-likeness (QED) is 0.327. The molecule has 0 aromatic carbocycles. The van der Waals surface area contributed by atoms with Crippen LogP contribution in [0.1, 0.15) is 6.92 Å². The highest BCUT2D eigenvalue weighted by Crippen LogP contribution is 2.16. The standard InChI is InChI=1S/C9H11N7/c1-7-6-13-9(8(4-10)5-11)16(7)3-2-14-15-12/h7,13H,2-3,6H2,1H3. The molecule has 0 radical (unpaired) electrons. The average molecular weight is 217 g/mol. The molecule has 0 aromatic heterocycles. The van der Waals surface area contributed by atoms with E-state index in [1.165, 1.54) is 0 Å². The third kappa shape index (κ3) is 2.35. The summed E-state index contributed by atoms with van der Waals surface area (Å²) in [5.74, 6) is 0.533. The zero-order chi connectivity index (χ0) is 12.0. The zero-order valence-electron chi connectivity index (χ0n) is 8.88. The maximum Gasteiger partial charge on any atom is 0.169 e. The molecule has 1 heterocycles. The summed E-state index contributed by atoms with van der Waals surface area (Å²) in [5, 5.41) is 24.0. The Balaban J connectivity index is 2.86. The SMILES string of the molecule is CC1CNC(=C(C#N)C#N)N1CCN=[N+]=[N-]. The number of nitrogens with one attached hydrogen (secondary N) is 1. The fraction of sp³-hybridized carbons (Fsp3) is 0.556. The van der Waals surface area contributed by atoms with Gasteiger partial charge in [-0.15, -0.1) is 0 Å². The number of rotatable bonds is 3. The van der Waals surface area contributed by atoms with Gasteiger partial charge >= 0.3 is 0 Å². The van der Waals surface area contributed by atoms with Crippen molar-refractivity contribution in [2.24, 2.45) is 5.11 Å². The van der Waals surface area contributed by atoms with Crippen LogP contribution in [0.4, 0.5) is 0 Å². The van der Waals surface area contributed by atoms with Crippen LogP contribution < -0.4 is 5.32 Å². The van der Waals surface area contributed by atoms with Gasteiger partial charge in [-0.3, -0.25) is 0 Å². The molecule has 1 unspecified atom stereocenters. The Morgan fingerprint density at radius 3 is 2.94 bits per heavy atom. The number of nitriles is 2. The third-order valence-electron chi connectivity index (χ3n) is 2.35. The fourth-order valence-electron chi connectivity index (χ4n) is 1.57. The molecule has 0 saturated carbocycles. The maximum atomic E-state index is 8.78. The van der Waals surface area contributed by atoms with Crippen LogP contribution in [0.2, 0.25) is 0 Å². The highest BCUT2D eigenvalue weighted by atomic mass is 15.3. The minimum atomic E-state index is 0.0605. The van der Waals surface area contributed by atoms with Crippen LogP contribution >= 0.6 is 0 Å². The topological polar surface area (TPSA) is 112 Å². The normalized spacial score (nSPS) is 18.1. The van der Waals surface area contributed by atoms with E-state index in [9.17, 15) is 0 Å². The lowest BCUT2D eigenvalue weighted by Gasteiger charge is -2.22. The van der Waals surface area contributed by atoms with E-state index in [2.05, 4.69) is 15.3 Å². The first-order valence-corrected chi connectivity index (χ1v) is 4.80. The second-order valence-electron chi connectivity index (χ2n) is 3.33. The zero-order valence-corrected chi connectivity index (χ0v) is 8.88. The lowest BCUT2D eigenvalue weighted by Crippen LogP contribution is -2.30. The molecule has 16 heavy (non-hydrogen) atoms. The van der Waals surface area contributed by atoms with Crippen molar-refractivity contribution in [1.82, 2.24) is 10.2 Å². The molecule has 1 N–H and O–H groups in total. The third-order valence-corrected chi connectivity index (χ3v) is 2.35. The summed E-state index contributed by atoms with van der Waals surface area (Å²) < 4.78 is 0. The van der Waals surface area contributed by atoms with E-state index in [0.717, 1.165) is 0 Å². The highest BCUT2D eigenvalue weighted by Gasteiger charge is 2.26. The highest BCUT2D eigenvalue weighted by molar-refractivity contribution is 5.40. The molecule has 0 spiro atoms. The molecule has 7 nitrogen and oxygen atoms in total. The van der Waals surface area contributed by atoms with Crippen molar-refractivity contribution in [3.63, 3.8) is 0 Å². The van der Waals surface area contributed by atoms with Crippen molar-refractivity contribution < 1.29 is 0 Å². The summed E-state index contributed by atoms with van der Waals surface area (Å²) in [6, 6.07) is 3.87. The molecule has 82 valence electrons. The van der Waals surface area contributed by atoms with Crippen LogP contribution in [-0.2, 0) is 0 Å². The Bertz CT molecular complexity index is 402. The van der Waals surface area contributed by atoms with Gasteiger partial charge in [0.1, 0.15) is 18.0 Å². The van der Waals surface area contributed by atoms with Gasteiger partial charge in [0.05, 0.1) is 0 Å². The average Bonchev–Trinajstić information content (AvgIpc) is 2.64. The Hall–Kier alpha value is -2.37. The van der Waals surface area contributed by atoms with Gasteiger partial charge in [0.25, 0.3) is 0 Å². The van der Waals surface area contributed by atoms with Crippen LogP contribution in [0.15, 0.2) is 16.5 Å². The van der Waals surface area contributed by atoms with Gasteiger partial charge in [-0.1, -0.05) is 5.11 Å². The summed E-state index contributed by atoms with van der Waals surface area (Å²) in [7, 11) is 0. The van der Waals surface area contributed by atoms with Crippen LogP contribution in [0.25, 0.3) is 10.4 Å². The molecule has 7 heteroatoms. The van der Waals surface area contributed by atoms with E-state index in [1.807, 2.05) is 24.0 Å². The van der Waals surface area contributed by atoms with Crippen LogP contribution in [-0.4, -0.2) is 30.6 Å². The molecule has 1 rings (SSSR count). The minimum absolute atomic E-state index is 0.0605. The molecule has 1 aliphatic heterocycles. The second kappa shape index (κ2) is 5.50. The van der Waals surface area contributed by atoms with E-state index in [0.29, 0.717) is 25.5 Å². The van der Waals surface area contributed by atoms with Crippen LogP contribution in [0.5, 0.6) is 0 Å². The summed E-state index contributed by atoms with van der Waals surface area (Å²) in [4.78, 5) is 4.54.